The van der Waals surface area contributed by atoms with Gasteiger partial charge in [0.05, 0.1) is 13.3 Å². The van der Waals surface area contributed by atoms with Crippen LogP contribution in [0.25, 0.3) is 6.08 Å². The Bertz CT molecular complexity index is 1070. The van der Waals surface area contributed by atoms with Crippen LogP contribution in [-0.2, 0) is 4.79 Å². The zero-order valence-corrected chi connectivity index (χ0v) is 17.4. The van der Waals surface area contributed by atoms with Crippen LogP contribution in [0, 0.1) is 6.92 Å². The highest BCUT2D eigenvalue weighted by Crippen LogP contribution is 2.14. The standard InChI is InChI=1S/C23H21N3O3S/c1-16-12-13-30-21(16)15-24-26-23(28)20(14-17-8-10-19(29-2)11-9-17)25-22(27)18-6-4-3-5-7-18/h3-15H,1-2H3,(H,25,27)(H,26,28)/b20-14+,24-15?. The summed E-state index contributed by atoms with van der Waals surface area (Å²) >= 11 is 1.53. The molecule has 0 saturated carbocycles. The van der Waals surface area contributed by atoms with Gasteiger partial charge in [-0.15, -0.1) is 11.3 Å². The summed E-state index contributed by atoms with van der Waals surface area (Å²) in [4.78, 5) is 26.2. The van der Waals surface area contributed by atoms with Crippen molar-refractivity contribution in [1.82, 2.24) is 10.7 Å². The van der Waals surface area contributed by atoms with Crippen LogP contribution in [0.2, 0.25) is 0 Å². The molecule has 3 rings (SSSR count). The molecule has 1 heterocycles. The normalized spacial score (nSPS) is 11.3. The third-order valence-corrected chi connectivity index (χ3v) is 5.16. The zero-order chi connectivity index (χ0) is 21.3. The Balaban J connectivity index is 1.81. The number of hydrogen-bond acceptors (Lipinski definition) is 5. The highest BCUT2D eigenvalue weighted by molar-refractivity contribution is 7.11. The molecule has 30 heavy (non-hydrogen) atoms. The first-order valence-electron chi connectivity index (χ1n) is 9.16. The SMILES string of the molecule is COc1ccc(/C=C(/NC(=O)c2ccccc2)C(=O)NN=Cc2sccc2C)cc1. The Morgan fingerprint density at radius 2 is 1.77 bits per heavy atom. The molecule has 0 radical (unpaired) electrons. The van der Waals surface area contributed by atoms with Crippen molar-refractivity contribution in [3.63, 3.8) is 0 Å². The van der Waals surface area contributed by atoms with E-state index in [2.05, 4.69) is 15.8 Å². The van der Waals surface area contributed by atoms with Gasteiger partial charge in [-0.25, -0.2) is 5.43 Å². The van der Waals surface area contributed by atoms with Crippen molar-refractivity contribution in [2.45, 2.75) is 6.92 Å². The fourth-order valence-electron chi connectivity index (χ4n) is 2.54. The number of nitrogens with zero attached hydrogens (tertiary/aromatic N) is 1. The van der Waals surface area contributed by atoms with E-state index in [1.165, 1.54) is 11.3 Å². The van der Waals surface area contributed by atoms with Crippen LogP contribution in [0.15, 0.2) is 76.8 Å². The van der Waals surface area contributed by atoms with E-state index in [1.807, 2.05) is 24.4 Å². The molecule has 6 nitrogen and oxygen atoms in total. The van der Waals surface area contributed by atoms with Gasteiger partial charge in [0, 0.05) is 10.4 Å². The van der Waals surface area contributed by atoms with Gasteiger partial charge in [0.2, 0.25) is 0 Å². The van der Waals surface area contributed by atoms with Crippen LogP contribution in [0.5, 0.6) is 5.75 Å². The Labute approximate surface area is 178 Å². The lowest BCUT2D eigenvalue weighted by Gasteiger charge is -2.09. The van der Waals surface area contributed by atoms with E-state index in [9.17, 15) is 9.59 Å². The Morgan fingerprint density at radius 1 is 1.03 bits per heavy atom. The second-order valence-corrected chi connectivity index (χ2v) is 7.27. The fourth-order valence-corrected chi connectivity index (χ4v) is 3.32. The first-order valence-corrected chi connectivity index (χ1v) is 10.0. The lowest BCUT2D eigenvalue weighted by molar-refractivity contribution is -0.117. The monoisotopic (exact) mass is 419 g/mol. The molecule has 3 aromatic rings. The van der Waals surface area contributed by atoms with Gasteiger partial charge in [-0.05, 0) is 59.8 Å². The summed E-state index contributed by atoms with van der Waals surface area (Å²) in [5.74, 6) is -0.216. The summed E-state index contributed by atoms with van der Waals surface area (Å²) in [6, 6.07) is 17.8. The summed E-state index contributed by atoms with van der Waals surface area (Å²) in [7, 11) is 1.58. The number of hydrazone groups is 1. The van der Waals surface area contributed by atoms with Gasteiger partial charge < -0.3 is 10.1 Å². The smallest absolute Gasteiger partial charge is 0.287 e. The van der Waals surface area contributed by atoms with E-state index in [4.69, 9.17) is 4.74 Å². The van der Waals surface area contributed by atoms with Crippen molar-refractivity contribution < 1.29 is 14.3 Å². The molecule has 0 aliphatic carbocycles. The van der Waals surface area contributed by atoms with Crippen LogP contribution in [-0.4, -0.2) is 25.1 Å². The Kier molecular flexibility index (Phi) is 7.13. The number of carbonyl (C=O) groups excluding carboxylic acids is 2. The molecule has 0 aliphatic rings. The summed E-state index contributed by atoms with van der Waals surface area (Å²) < 4.78 is 5.15. The summed E-state index contributed by atoms with van der Waals surface area (Å²) in [5, 5.41) is 8.64. The molecule has 0 bridgehead atoms. The molecule has 0 saturated heterocycles. The topological polar surface area (TPSA) is 79.8 Å². The van der Waals surface area contributed by atoms with Crippen molar-refractivity contribution in [3.05, 3.63) is 93.3 Å². The number of ether oxygens (including phenoxy) is 1. The number of methoxy groups -OCH3 is 1. The van der Waals surface area contributed by atoms with Gasteiger partial charge in [0.1, 0.15) is 11.4 Å². The maximum Gasteiger partial charge on any atom is 0.287 e. The second kappa shape index (κ2) is 10.2. The average Bonchev–Trinajstić information content (AvgIpc) is 3.19. The Morgan fingerprint density at radius 3 is 2.40 bits per heavy atom. The van der Waals surface area contributed by atoms with Gasteiger partial charge in [0.25, 0.3) is 11.8 Å². The van der Waals surface area contributed by atoms with Crippen LogP contribution in [0.1, 0.15) is 26.4 Å². The zero-order valence-electron chi connectivity index (χ0n) is 16.6. The van der Waals surface area contributed by atoms with Crippen LogP contribution >= 0.6 is 11.3 Å². The van der Waals surface area contributed by atoms with E-state index < -0.39 is 5.91 Å². The first-order chi connectivity index (χ1) is 14.6. The minimum Gasteiger partial charge on any atom is -0.497 e. The second-order valence-electron chi connectivity index (χ2n) is 6.32. The van der Waals surface area contributed by atoms with Crippen LogP contribution in [0.4, 0.5) is 0 Å². The number of amides is 2. The molecule has 0 atom stereocenters. The third-order valence-electron chi connectivity index (χ3n) is 4.21. The lowest BCUT2D eigenvalue weighted by atomic mass is 10.1. The average molecular weight is 420 g/mol. The van der Waals surface area contributed by atoms with E-state index >= 15 is 0 Å². The largest absolute Gasteiger partial charge is 0.497 e. The van der Waals surface area contributed by atoms with Gasteiger partial charge in [-0.3, -0.25) is 9.59 Å². The lowest BCUT2D eigenvalue weighted by Crippen LogP contribution is -2.32. The van der Waals surface area contributed by atoms with Crippen molar-refractivity contribution in [2.75, 3.05) is 7.11 Å². The molecule has 1 aromatic heterocycles. The molecule has 2 aromatic carbocycles. The molecule has 0 aliphatic heterocycles. The van der Waals surface area contributed by atoms with Gasteiger partial charge in [-0.1, -0.05) is 30.3 Å². The summed E-state index contributed by atoms with van der Waals surface area (Å²) in [6.07, 6.45) is 3.17. The summed E-state index contributed by atoms with van der Waals surface area (Å²) in [6.45, 7) is 1.97. The van der Waals surface area contributed by atoms with Crippen LogP contribution < -0.4 is 15.5 Å². The maximum atomic E-state index is 12.7. The number of aryl methyl sites for hydroxylation is 1. The molecule has 7 heteroatoms. The number of hydrogen-bond donors (Lipinski definition) is 2. The Hall–Kier alpha value is -3.71. The van der Waals surface area contributed by atoms with Gasteiger partial charge in [-0.2, -0.15) is 5.10 Å². The number of thiophene rings is 1. The third kappa shape index (κ3) is 5.65. The molecule has 152 valence electrons. The quantitative estimate of drug-likeness (QED) is 0.345. The molecule has 2 N–H and O–H groups in total. The van der Waals surface area contributed by atoms with E-state index in [1.54, 1.807) is 67.9 Å². The molecule has 2 amide bonds. The molecular formula is C23H21N3O3S. The van der Waals surface area contributed by atoms with Crippen molar-refractivity contribution in [2.24, 2.45) is 5.10 Å². The molecule has 0 unspecified atom stereocenters. The van der Waals surface area contributed by atoms with Gasteiger partial charge in [0.15, 0.2) is 0 Å². The minimum absolute atomic E-state index is 0.0778. The highest BCUT2D eigenvalue weighted by Gasteiger charge is 2.14. The molecule has 0 spiro atoms. The number of benzene rings is 2. The summed E-state index contributed by atoms with van der Waals surface area (Å²) in [5.41, 5.74) is 4.81. The number of rotatable bonds is 7. The van der Waals surface area contributed by atoms with Crippen molar-refractivity contribution in [3.8, 4) is 5.75 Å². The van der Waals surface area contributed by atoms with Crippen molar-refractivity contribution >= 4 is 35.4 Å². The van der Waals surface area contributed by atoms with Gasteiger partial charge >= 0.3 is 0 Å². The predicted octanol–water partition coefficient (Wildman–Crippen LogP) is 3.99. The highest BCUT2D eigenvalue weighted by atomic mass is 32.1. The van der Waals surface area contributed by atoms with E-state index in [0.717, 1.165) is 16.0 Å². The van der Waals surface area contributed by atoms with Crippen LogP contribution in [0.3, 0.4) is 0 Å². The fraction of sp³-hybridized carbons (Fsp3) is 0.0870. The number of carbonyl (C=O) groups is 2. The molecular weight excluding hydrogens is 398 g/mol. The molecule has 0 fully saturated rings. The van der Waals surface area contributed by atoms with E-state index in [0.29, 0.717) is 11.3 Å². The van der Waals surface area contributed by atoms with E-state index in [-0.39, 0.29) is 11.6 Å². The number of nitrogens with one attached hydrogen (secondary N) is 2. The van der Waals surface area contributed by atoms with Crippen molar-refractivity contribution in [1.29, 1.82) is 0 Å². The minimum atomic E-state index is -0.527. The first kappa shape index (κ1) is 21.0. The maximum absolute atomic E-state index is 12.7. The predicted molar refractivity (Wildman–Crippen MR) is 120 cm³/mol.